The van der Waals surface area contributed by atoms with E-state index in [-0.39, 0.29) is 24.0 Å². The van der Waals surface area contributed by atoms with Crippen LogP contribution < -0.4 is 5.32 Å². The summed E-state index contributed by atoms with van der Waals surface area (Å²) >= 11 is 6.13. The molecule has 0 saturated carbocycles. The number of H-pyrrole nitrogens is 1. The molecule has 1 heterocycles. The third-order valence-electron chi connectivity index (χ3n) is 6.05. The fraction of sp³-hybridized carbons (Fsp3) is 0.0938. The number of nitrogens with zero attached hydrogens (tertiary/aromatic N) is 2. The summed E-state index contributed by atoms with van der Waals surface area (Å²) in [5.74, 6) is -2.27. The van der Waals surface area contributed by atoms with E-state index in [0.717, 1.165) is 42.0 Å². The number of hydrogen-bond acceptors (Lipinski definition) is 3. The van der Waals surface area contributed by atoms with Crippen LogP contribution in [-0.4, -0.2) is 15.9 Å². The van der Waals surface area contributed by atoms with Crippen LogP contribution in [0, 0.1) is 34.6 Å². The third kappa shape index (κ3) is 8.05. The maximum absolute atomic E-state index is 13.6. The van der Waals surface area contributed by atoms with Crippen molar-refractivity contribution in [2.45, 2.75) is 18.9 Å². The van der Waals surface area contributed by atoms with Crippen LogP contribution in [0.15, 0.2) is 97.1 Å². The first-order valence-electron chi connectivity index (χ1n) is 12.6. The van der Waals surface area contributed by atoms with Crippen molar-refractivity contribution in [3.05, 3.63) is 148 Å². The van der Waals surface area contributed by atoms with Gasteiger partial charge >= 0.3 is 0 Å². The van der Waals surface area contributed by atoms with E-state index in [1.54, 1.807) is 30.3 Å². The van der Waals surface area contributed by atoms with E-state index < -0.39 is 35.2 Å². The highest BCUT2D eigenvalue weighted by Gasteiger charge is 2.16. The van der Waals surface area contributed by atoms with E-state index in [4.69, 9.17) is 16.9 Å². The van der Waals surface area contributed by atoms with E-state index in [1.165, 1.54) is 0 Å². The fourth-order valence-electron chi connectivity index (χ4n) is 4.03. The molecule has 0 spiro atoms. The van der Waals surface area contributed by atoms with Crippen LogP contribution in [-0.2, 0) is 17.6 Å². The smallest absolute Gasteiger partial charge is 0.225 e. The Hall–Kier alpha value is -4.94. The van der Waals surface area contributed by atoms with Crippen LogP contribution in [0.3, 0.4) is 0 Å². The number of aromatic amines is 1. The number of imidazole rings is 1. The summed E-state index contributed by atoms with van der Waals surface area (Å²) < 4.78 is 53.3. The van der Waals surface area contributed by atoms with E-state index in [2.05, 4.69) is 15.3 Å². The van der Waals surface area contributed by atoms with Crippen molar-refractivity contribution >= 4 is 17.5 Å². The van der Waals surface area contributed by atoms with Gasteiger partial charge in [0.15, 0.2) is 0 Å². The Bertz CT molecular complexity index is 1710. The molecule has 0 aliphatic heterocycles. The molecule has 0 fully saturated rings. The van der Waals surface area contributed by atoms with Gasteiger partial charge in [-0.25, -0.2) is 22.5 Å². The van der Waals surface area contributed by atoms with Gasteiger partial charge in [-0.3, -0.25) is 4.79 Å². The maximum atomic E-state index is 13.6. The lowest BCUT2D eigenvalue weighted by atomic mass is 10.1. The lowest BCUT2D eigenvalue weighted by molar-refractivity contribution is -0.120. The average molecular weight is 591 g/mol. The molecule has 0 aliphatic carbocycles. The molecule has 0 saturated heterocycles. The highest BCUT2D eigenvalue weighted by Crippen LogP contribution is 2.26. The minimum Gasteiger partial charge on any atom is -0.336 e. The number of nitrogens with one attached hydrogen (secondary N) is 2. The SMILES string of the molecule is Fc1ccc(F)c(Cc2nc(-c3ccccc3)c(Cl)[nH]2)c1.N#CC(NC(=O)Cc1cc(F)ccc1F)c1ccccc1. The predicted molar refractivity (Wildman–Crippen MR) is 151 cm³/mol. The van der Waals surface area contributed by atoms with E-state index in [0.29, 0.717) is 22.2 Å². The van der Waals surface area contributed by atoms with Gasteiger partial charge in [-0.1, -0.05) is 72.3 Å². The summed E-state index contributed by atoms with van der Waals surface area (Å²) in [7, 11) is 0. The number of amides is 1. The molecule has 1 amide bonds. The summed E-state index contributed by atoms with van der Waals surface area (Å²) in [4.78, 5) is 19.1. The van der Waals surface area contributed by atoms with Crippen LogP contribution in [0.5, 0.6) is 0 Å². The topological polar surface area (TPSA) is 81.6 Å². The van der Waals surface area contributed by atoms with Gasteiger partial charge in [-0.2, -0.15) is 5.26 Å². The van der Waals surface area contributed by atoms with Gasteiger partial charge in [0.25, 0.3) is 0 Å². The number of carbonyl (C=O) groups excluding carboxylic acids is 1. The summed E-state index contributed by atoms with van der Waals surface area (Å²) in [6.45, 7) is 0. The zero-order valence-corrected chi connectivity index (χ0v) is 22.7. The van der Waals surface area contributed by atoms with Crippen LogP contribution in [0.2, 0.25) is 5.15 Å². The Morgan fingerprint density at radius 1 is 0.857 bits per heavy atom. The van der Waals surface area contributed by atoms with Gasteiger partial charge in [0.05, 0.1) is 12.5 Å². The number of benzene rings is 4. The second-order valence-electron chi connectivity index (χ2n) is 9.08. The number of nitriles is 1. The molecule has 0 radical (unpaired) electrons. The Kier molecular flexibility index (Phi) is 10.1. The number of hydrogen-bond donors (Lipinski definition) is 2. The van der Waals surface area contributed by atoms with Crippen molar-refractivity contribution in [1.29, 1.82) is 5.26 Å². The molecule has 5 nitrogen and oxygen atoms in total. The van der Waals surface area contributed by atoms with Gasteiger partial charge in [0.2, 0.25) is 5.91 Å². The number of rotatable bonds is 7. The van der Waals surface area contributed by atoms with Crippen molar-refractivity contribution in [3.8, 4) is 17.3 Å². The van der Waals surface area contributed by atoms with E-state index in [1.807, 2.05) is 36.4 Å². The Labute approximate surface area is 244 Å². The predicted octanol–water partition coefficient (Wildman–Crippen LogP) is 7.49. The molecule has 42 heavy (non-hydrogen) atoms. The van der Waals surface area contributed by atoms with Gasteiger partial charge in [0, 0.05) is 17.5 Å². The van der Waals surface area contributed by atoms with Crippen LogP contribution in [0.1, 0.15) is 28.6 Å². The Morgan fingerprint density at radius 2 is 1.43 bits per heavy atom. The fourth-order valence-corrected chi connectivity index (χ4v) is 4.29. The largest absolute Gasteiger partial charge is 0.336 e. The zero-order valence-electron chi connectivity index (χ0n) is 21.9. The molecular formula is C32H23ClF4N4O. The summed E-state index contributed by atoms with van der Waals surface area (Å²) in [6, 6.07) is 25.5. The molecule has 0 bridgehead atoms. The van der Waals surface area contributed by atoms with Gasteiger partial charge in [-0.05, 0) is 47.5 Å². The normalized spacial score (nSPS) is 11.1. The molecule has 10 heteroatoms. The standard InChI is InChI=1S/C16H11ClF2N2.C16H12F2N2O/c17-16-15(10-4-2-1-3-5-10)20-14(21-16)9-11-8-12(18)6-7-13(11)19;17-13-6-7-14(18)12(8-13)9-16(21)20-15(10-19)11-4-2-1-3-5-11/h1-8H,9H2,(H,20,21);1-8,15H,9H2,(H,20,21). The minimum atomic E-state index is -0.824. The Balaban J connectivity index is 0.000000193. The molecule has 4 aromatic carbocycles. The van der Waals surface area contributed by atoms with Gasteiger partial charge < -0.3 is 10.3 Å². The van der Waals surface area contributed by atoms with E-state index >= 15 is 0 Å². The molecule has 1 atom stereocenters. The first-order chi connectivity index (χ1) is 20.2. The lowest BCUT2D eigenvalue weighted by Gasteiger charge is -2.12. The molecule has 1 aromatic heterocycles. The molecule has 0 aliphatic rings. The summed E-state index contributed by atoms with van der Waals surface area (Å²) in [5, 5.41) is 12.0. The van der Waals surface area contributed by atoms with Crippen molar-refractivity contribution < 1.29 is 22.4 Å². The Morgan fingerprint density at radius 3 is 2.05 bits per heavy atom. The summed E-state index contributed by atoms with van der Waals surface area (Å²) in [6.07, 6.45) is -0.176. The van der Waals surface area contributed by atoms with Crippen LogP contribution in [0.4, 0.5) is 17.6 Å². The zero-order chi connectivity index (χ0) is 30.1. The molecule has 2 N–H and O–H groups in total. The highest BCUT2D eigenvalue weighted by atomic mass is 35.5. The third-order valence-corrected chi connectivity index (χ3v) is 6.32. The second-order valence-corrected chi connectivity index (χ2v) is 9.46. The van der Waals surface area contributed by atoms with Crippen molar-refractivity contribution in [2.75, 3.05) is 0 Å². The molecule has 1 unspecified atom stereocenters. The van der Waals surface area contributed by atoms with Crippen molar-refractivity contribution in [3.63, 3.8) is 0 Å². The monoisotopic (exact) mass is 590 g/mol. The molecule has 212 valence electrons. The maximum Gasteiger partial charge on any atom is 0.225 e. The van der Waals surface area contributed by atoms with Crippen LogP contribution >= 0.6 is 11.6 Å². The lowest BCUT2D eigenvalue weighted by Crippen LogP contribution is -2.29. The first-order valence-corrected chi connectivity index (χ1v) is 13.0. The first kappa shape index (κ1) is 30.0. The average Bonchev–Trinajstić information content (AvgIpc) is 3.36. The summed E-state index contributed by atoms with van der Waals surface area (Å²) in [5.41, 5.74) is 2.29. The molecule has 5 aromatic rings. The minimum absolute atomic E-state index is 0.0442. The van der Waals surface area contributed by atoms with Crippen molar-refractivity contribution in [2.24, 2.45) is 0 Å². The van der Waals surface area contributed by atoms with E-state index in [9.17, 15) is 22.4 Å². The number of aromatic nitrogens is 2. The highest BCUT2D eigenvalue weighted by molar-refractivity contribution is 6.31. The van der Waals surface area contributed by atoms with Gasteiger partial charge in [0.1, 0.15) is 46.0 Å². The molecule has 5 rings (SSSR count). The number of halogens is 5. The molecular weight excluding hydrogens is 568 g/mol. The van der Waals surface area contributed by atoms with Crippen LogP contribution in [0.25, 0.3) is 11.3 Å². The second kappa shape index (κ2) is 14.1. The van der Waals surface area contributed by atoms with Gasteiger partial charge in [-0.15, -0.1) is 0 Å². The number of carbonyl (C=O) groups is 1. The van der Waals surface area contributed by atoms with Crippen molar-refractivity contribution in [1.82, 2.24) is 15.3 Å². The quantitative estimate of drug-likeness (QED) is 0.193.